The lowest BCUT2D eigenvalue weighted by atomic mass is 10.4. The lowest BCUT2D eigenvalue weighted by molar-refractivity contribution is 0.580. The smallest absolute Gasteiger partial charge is 0.260 e. The summed E-state index contributed by atoms with van der Waals surface area (Å²) in [7, 11) is -4.70. The van der Waals surface area contributed by atoms with Gasteiger partial charge in [0.05, 0.1) is 5.69 Å². The Bertz CT molecular complexity index is 517. The van der Waals surface area contributed by atoms with Crippen LogP contribution in [0.2, 0.25) is 0 Å². The molecule has 0 aliphatic rings. The first-order chi connectivity index (χ1) is 8.47. The molecule has 1 atom stereocenters. The van der Waals surface area contributed by atoms with Crippen LogP contribution in [-0.4, -0.2) is 42.7 Å². The fourth-order valence-electron chi connectivity index (χ4n) is 1.32. The van der Waals surface area contributed by atoms with E-state index in [4.69, 9.17) is 0 Å². The molecule has 0 saturated carbocycles. The van der Waals surface area contributed by atoms with E-state index in [-0.39, 0.29) is 17.3 Å². The SMILES string of the molecule is CCNc1cccnc1S(=O)(=O)NCCS(C)=O. The van der Waals surface area contributed by atoms with Gasteiger partial charge in [-0.3, -0.25) is 4.21 Å². The Labute approximate surface area is 110 Å². The van der Waals surface area contributed by atoms with Gasteiger partial charge in [0.2, 0.25) is 0 Å². The number of hydrogen-bond donors (Lipinski definition) is 2. The van der Waals surface area contributed by atoms with Crippen molar-refractivity contribution in [3.8, 4) is 0 Å². The molecule has 0 spiro atoms. The molecule has 0 bridgehead atoms. The summed E-state index contributed by atoms with van der Waals surface area (Å²) in [6.07, 6.45) is 2.95. The van der Waals surface area contributed by atoms with Gasteiger partial charge in [0.25, 0.3) is 10.0 Å². The average molecular weight is 291 g/mol. The molecule has 0 aliphatic carbocycles. The maximum atomic E-state index is 12.0. The van der Waals surface area contributed by atoms with Crippen LogP contribution >= 0.6 is 0 Å². The van der Waals surface area contributed by atoms with Crippen molar-refractivity contribution < 1.29 is 12.6 Å². The van der Waals surface area contributed by atoms with Crippen LogP contribution in [0, 0.1) is 0 Å². The van der Waals surface area contributed by atoms with Crippen molar-refractivity contribution in [3.05, 3.63) is 18.3 Å². The summed E-state index contributed by atoms with van der Waals surface area (Å²) in [5.41, 5.74) is 0.463. The molecule has 0 radical (unpaired) electrons. The highest BCUT2D eigenvalue weighted by atomic mass is 32.2. The summed E-state index contributed by atoms with van der Waals surface area (Å²) < 4.78 is 37.3. The third kappa shape index (κ3) is 4.35. The molecular formula is C10H17N3O3S2. The largest absolute Gasteiger partial charge is 0.383 e. The molecular weight excluding hydrogens is 274 g/mol. The normalized spacial score (nSPS) is 13.2. The molecule has 0 amide bonds. The number of pyridine rings is 1. The van der Waals surface area contributed by atoms with Crippen LogP contribution in [0.4, 0.5) is 5.69 Å². The lowest BCUT2D eigenvalue weighted by Crippen LogP contribution is -2.29. The summed E-state index contributed by atoms with van der Waals surface area (Å²) in [6.45, 7) is 2.61. The van der Waals surface area contributed by atoms with Crippen LogP contribution in [0.3, 0.4) is 0 Å². The van der Waals surface area contributed by atoms with Crippen molar-refractivity contribution in [2.24, 2.45) is 0 Å². The molecule has 0 fully saturated rings. The van der Waals surface area contributed by atoms with Crippen LogP contribution in [0.25, 0.3) is 0 Å². The highest BCUT2D eigenvalue weighted by Gasteiger charge is 2.19. The molecule has 0 aromatic carbocycles. The molecule has 1 aromatic rings. The number of aromatic nitrogens is 1. The fourth-order valence-corrected chi connectivity index (χ4v) is 2.97. The zero-order chi connectivity index (χ0) is 13.6. The molecule has 102 valence electrons. The van der Waals surface area contributed by atoms with Gasteiger partial charge < -0.3 is 5.32 Å². The number of hydrogen-bond acceptors (Lipinski definition) is 5. The van der Waals surface area contributed by atoms with E-state index >= 15 is 0 Å². The third-order valence-electron chi connectivity index (χ3n) is 2.07. The van der Waals surface area contributed by atoms with E-state index in [2.05, 4.69) is 15.0 Å². The quantitative estimate of drug-likeness (QED) is 0.747. The van der Waals surface area contributed by atoms with Crippen molar-refractivity contribution >= 4 is 26.5 Å². The molecule has 18 heavy (non-hydrogen) atoms. The van der Waals surface area contributed by atoms with Crippen LogP contribution < -0.4 is 10.0 Å². The van der Waals surface area contributed by atoms with Crippen molar-refractivity contribution in [2.75, 3.05) is 30.4 Å². The second-order valence-corrected chi connectivity index (χ2v) is 6.80. The lowest BCUT2D eigenvalue weighted by Gasteiger charge is -2.10. The molecule has 1 heterocycles. The molecule has 8 heteroatoms. The minimum atomic E-state index is -3.67. The van der Waals surface area contributed by atoms with Gasteiger partial charge >= 0.3 is 0 Å². The zero-order valence-electron chi connectivity index (χ0n) is 10.3. The molecule has 0 aliphatic heterocycles. The first kappa shape index (κ1) is 15.1. The summed E-state index contributed by atoms with van der Waals surface area (Å²) in [5.74, 6) is 0.280. The van der Waals surface area contributed by atoms with E-state index in [1.54, 1.807) is 12.1 Å². The maximum absolute atomic E-state index is 12.0. The Morgan fingerprint density at radius 1 is 1.44 bits per heavy atom. The van der Waals surface area contributed by atoms with Crippen LogP contribution in [0.15, 0.2) is 23.4 Å². The van der Waals surface area contributed by atoms with Gasteiger partial charge in [0.15, 0.2) is 5.03 Å². The van der Waals surface area contributed by atoms with E-state index in [0.717, 1.165) is 0 Å². The van der Waals surface area contributed by atoms with Gasteiger partial charge in [-0.25, -0.2) is 18.1 Å². The standard InChI is InChI=1S/C10H17N3O3S2/c1-3-11-9-5-4-6-12-10(9)18(15,16)13-7-8-17(2)14/h4-6,11,13H,3,7-8H2,1-2H3. The molecule has 2 N–H and O–H groups in total. The van der Waals surface area contributed by atoms with Crippen molar-refractivity contribution in [2.45, 2.75) is 11.9 Å². The van der Waals surface area contributed by atoms with Gasteiger partial charge in [-0.15, -0.1) is 0 Å². The van der Waals surface area contributed by atoms with Gasteiger partial charge in [0.1, 0.15) is 0 Å². The summed E-state index contributed by atoms with van der Waals surface area (Å²) in [6, 6.07) is 3.32. The number of sulfonamides is 1. The Morgan fingerprint density at radius 2 is 2.17 bits per heavy atom. The third-order valence-corrected chi connectivity index (χ3v) is 4.27. The van der Waals surface area contributed by atoms with E-state index in [0.29, 0.717) is 12.2 Å². The number of nitrogens with zero attached hydrogens (tertiary/aromatic N) is 1. The Hall–Kier alpha value is -0.990. The van der Waals surface area contributed by atoms with E-state index in [1.807, 2.05) is 6.92 Å². The first-order valence-corrected chi connectivity index (χ1v) is 8.67. The number of anilines is 1. The van der Waals surface area contributed by atoms with Crippen molar-refractivity contribution in [1.82, 2.24) is 9.71 Å². The Balaban J connectivity index is 2.87. The Morgan fingerprint density at radius 3 is 2.78 bits per heavy atom. The molecule has 6 nitrogen and oxygen atoms in total. The highest BCUT2D eigenvalue weighted by Crippen LogP contribution is 2.17. The summed E-state index contributed by atoms with van der Waals surface area (Å²) >= 11 is 0. The molecule has 1 aromatic heterocycles. The van der Waals surface area contributed by atoms with Crippen LogP contribution in [0.1, 0.15) is 6.92 Å². The second kappa shape index (κ2) is 6.81. The molecule has 0 saturated heterocycles. The highest BCUT2D eigenvalue weighted by molar-refractivity contribution is 7.89. The average Bonchev–Trinajstić information content (AvgIpc) is 2.29. The predicted octanol–water partition coefficient (Wildman–Crippen LogP) is 0.170. The van der Waals surface area contributed by atoms with E-state index in [9.17, 15) is 12.6 Å². The molecule has 1 unspecified atom stereocenters. The summed E-state index contributed by atoms with van der Waals surface area (Å²) in [4.78, 5) is 3.88. The van der Waals surface area contributed by atoms with E-state index < -0.39 is 20.8 Å². The summed E-state index contributed by atoms with van der Waals surface area (Å²) in [5, 5.41) is 2.91. The topological polar surface area (TPSA) is 88.2 Å². The fraction of sp³-hybridized carbons (Fsp3) is 0.500. The van der Waals surface area contributed by atoms with Crippen molar-refractivity contribution in [1.29, 1.82) is 0 Å². The van der Waals surface area contributed by atoms with Gasteiger partial charge in [0, 0.05) is 42.1 Å². The Kier molecular flexibility index (Phi) is 5.70. The molecule has 1 rings (SSSR count). The minimum Gasteiger partial charge on any atom is -0.383 e. The number of rotatable bonds is 7. The van der Waals surface area contributed by atoms with Gasteiger partial charge in [-0.1, -0.05) is 0 Å². The predicted molar refractivity (Wildman–Crippen MR) is 72.5 cm³/mol. The van der Waals surface area contributed by atoms with Crippen molar-refractivity contribution in [3.63, 3.8) is 0 Å². The van der Waals surface area contributed by atoms with Gasteiger partial charge in [-0.2, -0.15) is 0 Å². The minimum absolute atomic E-state index is 0.0336. The maximum Gasteiger partial charge on any atom is 0.260 e. The van der Waals surface area contributed by atoms with Crippen LogP contribution in [0.5, 0.6) is 0 Å². The van der Waals surface area contributed by atoms with Gasteiger partial charge in [-0.05, 0) is 19.1 Å². The zero-order valence-corrected chi connectivity index (χ0v) is 12.0. The number of nitrogens with one attached hydrogen (secondary N) is 2. The first-order valence-electron chi connectivity index (χ1n) is 5.46. The monoisotopic (exact) mass is 291 g/mol. The van der Waals surface area contributed by atoms with Crippen LogP contribution in [-0.2, 0) is 20.8 Å². The van der Waals surface area contributed by atoms with E-state index in [1.165, 1.54) is 12.5 Å². The second-order valence-electron chi connectivity index (χ2n) is 3.56.